The Bertz CT molecular complexity index is 773. The first-order valence-corrected chi connectivity index (χ1v) is 7.46. The van der Waals surface area contributed by atoms with Crippen molar-refractivity contribution in [1.82, 2.24) is 19.9 Å². The third kappa shape index (κ3) is 2.88. The molecule has 5 heteroatoms. The Morgan fingerprint density at radius 2 is 2.23 bits per heavy atom. The number of para-hydroxylation sites is 1. The highest BCUT2D eigenvalue weighted by atomic mass is 16.1. The van der Waals surface area contributed by atoms with E-state index in [9.17, 15) is 4.79 Å². The third-order valence-corrected chi connectivity index (χ3v) is 3.81. The molecule has 0 saturated heterocycles. The number of aromatic amines is 1. The number of carbonyl (C=O) groups excluding carboxylic acids is 1. The maximum absolute atomic E-state index is 12.5. The Morgan fingerprint density at radius 1 is 1.41 bits per heavy atom. The molecular weight excluding hydrogens is 276 g/mol. The van der Waals surface area contributed by atoms with Crippen LogP contribution >= 0.6 is 0 Å². The molecular formula is C17H20N4O. The van der Waals surface area contributed by atoms with Crippen LogP contribution in [0.2, 0.25) is 0 Å². The minimum atomic E-state index is -0.0209. The quantitative estimate of drug-likeness (QED) is 0.760. The van der Waals surface area contributed by atoms with Gasteiger partial charge in [0.25, 0.3) is 5.91 Å². The van der Waals surface area contributed by atoms with Gasteiger partial charge >= 0.3 is 0 Å². The van der Waals surface area contributed by atoms with Crippen LogP contribution in [0.15, 0.2) is 43.0 Å². The van der Waals surface area contributed by atoms with E-state index < -0.39 is 0 Å². The minimum absolute atomic E-state index is 0.0209. The molecule has 5 nitrogen and oxygen atoms in total. The number of nitrogens with zero attached hydrogens (tertiary/aromatic N) is 2. The minimum Gasteiger partial charge on any atom is -0.358 e. The Hall–Kier alpha value is -2.56. The van der Waals surface area contributed by atoms with Crippen LogP contribution in [0, 0.1) is 12.8 Å². The maximum atomic E-state index is 12.5. The van der Waals surface area contributed by atoms with Gasteiger partial charge in [-0.25, -0.2) is 4.98 Å². The largest absolute Gasteiger partial charge is 0.358 e. The van der Waals surface area contributed by atoms with Crippen LogP contribution in [0.4, 0.5) is 0 Å². The smallest absolute Gasteiger partial charge is 0.253 e. The Morgan fingerprint density at radius 3 is 3.00 bits per heavy atom. The summed E-state index contributed by atoms with van der Waals surface area (Å²) in [7, 11) is 0. The maximum Gasteiger partial charge on any atom is 0.253 e. The summed E-state index contributed by atoms with van der Waals surface area (Å²) in [5.41, 5.74) is 2.64. The van der Waals surface area contributed by atoms with Crippen LogP contribution in [0.3, 0.4) is 0 Å². The molecule has 2 N–H and O–H groups in total. The van der Waals surface area contributed by atoms with E-state index in [0.717, 1.165) is 28.7 Å². The first-order valence-electron chi connectivity index (χ1n) is 7.46. The number of amides is 1. The molecule has 0 aliphatic carbocycles. The van der Waals surface area contributed by atoms with E-state index in [2.05, 4.69) is 22.2 Å². The number of imidazole rings is 1. The van der Waals surface area contributed by atoms with Gasteiger partial charge in [0, 0.05) is 42.1 Å². The Labute approximate surface area is 129 Å². The second-order valence-electron chi connectivity index (χ2n) is 5.75. The second kappa shape index (κ2) is 6.05. The highest BCUT2D eigenvalue weighted by Gasteiger charge is 2.16. The lowest BCUT2D eigenvalue weighted by Crippen LogP contribution is -2.30. The number of fused-ring (bicyclic) bond motifs is 1. The highest BCUT2D eigenvalue weighted by molar-refractivity contribution is 6.08. The SMILES string of the molecule is Cc1[nH]c2ccccc2c1C(=O)NC[C@@H](C)Cn1ccnc1. The van der Waals surface area contributed by atoms with Crippen molar-refractivity contribution >= 4 is 16.8 Å². The third-order valence-electron chi connectivity index (χ3n) is 3.81. The number of hydrogen-bond acceptors (Lipinski definition) is 2. The first kappa shape index (κ1) is 14.4. The molecule has 22 heavy (non-hydrogen) atoms. The lowest BCUT2D eigenvalue weighted by Gasteiger charge is -2.13. The number of carbonyl (C=O) groups is 1. The van der Waals surface area contributed by atoms with Crippen molar-refractivity contribution in [2.24, 2.45) is 5.92 Å². The molecule has 0 aliphatic rings. The number of aryl methyl sites for hydroxylation is 1. The predicted molar refractivity (Wildman–Crippen MR) is 86.8 cm³/mol. The average molecular weight is 296 g/mol. The number of H-pyrrole nitrogens is 1. The Balaban J connectivity index is 1.67. The molecule has 2 heterocycles. The standard InChI is InChI=1S/C17H20N4O/c1-12(10-21-8-7-18-11-21)9-19-17(22)16-13(2)20-15-6-4-3-5-14(15)16/h3-8,11-12,20H,9-10H2,1-2H3,(H,19,22)/t12-/m1/s1. The number of rotatable bonds is 5. The van der Waals surface area contributed by atoms with E-state index in [1.807, 2.05) is 42.0 Å². The van der Waals surface area contributed by atoms with Crippen molar-refractivity contribution in [2.75, 3.05) is 6.54 Å². The lowest BCUT2D eigenvalue weighted by atomic mass is 10.1. The topological polar surface area (TPSA) is 62.7 Å². The van der Waals surface area contributed by atoms with Crippen molar-refractivity contribution in [1.29, 1.82) is 0 Å². The molecule has 0 spiro atoms. The van der Waals surface area contributed by atoms with Crippen LogP contribution in [0.1, 0.15) is 23.0 Å². The molecule has 1 aromatic carbocycles. The van der Waals surface area contributed by atoms with Crippen LogP contribution in [0.5, 0.6) is 0 Å². The van der Waals surface area contributed by atoms with Gasteiger partial charge in [-0.3, -0.25) is 4.79 Å². The van der Waals surface area contributed by atoms with Gasteiger partial charge < -0.3 is 14.9 Å². The zero-order valence-corrected chi connectivity index (χ0v) is 12.8. The number of aromatic nitrogens is 3. The van der Waals surface area contributed by atoms with Gasteiger partial charge in [-0.15, -0.1) is 0 Å². The van der Waals surface area contributed by atoms with Gasteiger partial charge in [-0.05, 0) is 18.9 Å². The molecule has 0 fully saturated rings. The van der Waals surface area contributed by atoms with Crippen molar-refractivity contribution in [3.8, 4) is 0 Å². The molecule has 3 aromatic rings. The van der Waals surface area contributed by atoms with Gasteiger partial charge in [0.15, 0.2) is 0 Å². The molecule has 1 atom stereocenters. The fourth-order valence-corrected chi connectivity index (χ4v) is 2.74. The van der Waals surface area contributed by atoms with Crippen molar-refractivity contribution in [3.05, 3.63) is 54.2 Å². The fraction of sp³-hybridized carbons (Fsp3) is 0.294. The van der Waals surface area contributed by atoms with Gasteiger partial charge in [0.1, 0.15) is 0 Å². The molecule has 0 unspecified atom stereocenters. The zero-order chi connectivity index (χ0) is 15.5. The van der Waals surface area contributed by atoms with E-state index in [4.69, 9.17) is 0 Å². The van der Waals surface area contributed by atoms with Crippen molar-refractivity contribution in [2.45, 2.75) is 20.4 Å². The average Bonchev–Trinajstić information content (AvgIpc) is 3.11. The van der Waals surface area contributed by atoms with Gasteiger partial charge in [0.05, 0.1) is 11.9 Å². The summed E-state index contributed by atoms with van der Waals surface area (Å²) < 4.78 is 2.02. The predicted octanol–water partition coefficient (Wildman–Crippen LogP) is 2.74. The van der Waals surface area contributed by atoms with Crippen LogP contribution in [-0.2, 0) is 6.54 Å². The van der Waals surface area contributed by atoms with Crippen LogP contribution in [0.25, 0.3) is 10.9 Å². The number of hydrogen-bond donors (Lipinski definition) is 2. The Kier molecular flexibility index (Phi) is 3.96. The molecule has 0 bridgehead atoms. The number of benzene rings is 1. The summed E-state index contributed by atoms with van der Waals surface area (Å²) >= 11 is 0. The van der Waals surface area contributed by atoms with Gasteiger partial charge in [-0.1, -0.05) is 25.1 Å². The second-order valence-corrected chi connectivity index (χ2v) is 5.75. The zero-order valence-electron chi connectivity index (χ0n) is 12.8. The van der Waals surface area contributed by atoms with Gasteiger partial charge in [0.2, 0.25) is 0 Å². The summed E-state index contributed by atoms with van der Waals surface area (Å²) in [4.78, 5) is 19.8. The van der Waals surface area contributed by atoms with E-state index >= 15 is 0 Å². The molecule has 1 amide bonds. The first-order chi connectivity index (χ1) is 10.6. The summed E-state index contributed by atoms with van der Waals surface area (Å²) in [5, 5.41) is 4.01. The number of nitrogens with one attached hydrogen (secondary N) is 2. The van der Waals surface area contributed by atoms with Crippen molar-refractivity contribution < 1.29 is 4.79 Å². The van der Waals surface area contributed by atoms with Crippen molar-refractivity contribution in [3.63, 3.8) is 0 Å². The van der Waals surface area contributed by atoms with Gasteiger partial charge in [-0.2, -0.15) is 0 Å². The van der Waals surface area contributed by atoms with Crippen LogP contribution < -0.4 is 5.32 Å². The lowest BCUT2D eigenvalue weighted by molar-refractivity contribution is 0.0948. The summed E-state index contributed by atoms with van der Waals surface area (Å²) in [6.45, 7) is 5.52. The highest BCUT2D eigenvalue weighted by Crippen LogP contribution is 2.21. The molecule has 0 radical (unpaired) electrons. The van der Waals surface area contributed by atoms with Crippen LogP contribution in [-0.4, -0.2) is 27.0 Å². The molecule has 0 aliphatic heterocycles. The summed E-state index contributed by atoms with van der Waals surface area (Å²) in [6, 6.07) is 7.88. The normalized spacial score (nSPS) is 12.5. The van der Waals surface area contributed by atoms with E-state index in [1.165, 1.54) is 0 Å². The monoisotopic (exact) mass is 296 g/mol. The van der Waals surface area contributed by atoms with E-state index in [1.54, 1.807) is 12.5 Å². The molecule has 2 aromatic heterocycles. The fourth-order valence-electron chi connectivity index (χ4n) is 2.74. The molecule has 3 rings (SSSR count). The molecule has 0 saturated carbocycles. The van der Waals surface area contributed by atoms with E-state index in [-0.39, 0.29) is 5.91 Å². The summed E-state index contributed by atoms with van der Waals surface area (Å²) in [6.07, 6.45) is 5.49. The summed E-state index contributed by atoms with van der Waals surface area (Å²) in [5.74, 6) is 0.316. The van der Waals surface area contributed by atoms with E-state index in [0.29, 0.717) is 12.5 Å². The molecule has 114 valence electrons.